The maximum Gasteiger partial charge on any atom is 0.349 e. The lowest BCUT2D eigenvalue weighted by atomic mass is 10.1. The first kappa shape index (κ1) is 16.3. The Labute approximate surface area is 141 Å². The maximum atomic E-state index is 12.3. The maximum absolute atomic E-state index is 12.3. The van der Waals surface area contributed by atoms with Crippen LogP contribution >= 0.6 is 0 Å². The molecule has 1 aromatic carbocycles. The summed E-state index contributed by atoms with van der Waals surface area (Å²) in [6.07, 6.45) is 3.20. The molecule has 1 N–H and O–H groups in total. The number of nitrogens with zero attached hydrogens (tertiary/aromatic N) is 2. The number of rotatable bonds is 4. The Hall–Kier alpha value is -3.55. The normalized spacial score (nSPS) is 10.6. The highest BCUT2D eigenvalue weighted by Gasteiger charge is 2.20. The number of nitrogens with one attached hydrogen (secondary N) is 1. The van der Waals surface area contributed by atoms with Crippen molar-refractivity contribution in [3.05, 3.63) is 80.0 Å². The van der Waals surface area contributed by atoms with E-state index in [1.54, 1.807) is 37.5 Å². The predicted octanol–water partition coefficient (Wildman–Crippen LogP) is 2.33. The van der Waals surface area contributed by atoms with Crippen LogP contribution in [0.2, 0.25) is 0 Å². The molecule has 8 nitrogen and oxygen atoms in total. The molecule has 0 aliphatic carbocycles. The largest absolute Gasteiger partial charge is 0.415 e. The zero-order valence-corrected chi connectivity index (χ0v) is 13.2. The van der Waals surface area contributed by atoms with Crippen LogP contribution in [0.25, 0.3) is 11.0 Å². The average Bonchev–Trinajstić information content (AvgIpc) is 2.59. The number of amides is 1. The molecule has 1 amide bonds. The van der Waals surface area contributed by atoms with E-state index in [0.717, 1.165) is 5.56 Å². The summed E-state index contributed by atoms with van der Waals surface area (Å²) in [7, 11) is 0. The number of hydrogen-bond donors (Lipinski definition) is 1. The molecule has 0 saturated heterocycles. The topological polar surface area (TPSA) is 115 Å². The fourth-order valence-electron chi connectivity index (χ4n) is 2.44. The number of carbonyl (C=O) groups is 1. The molecule has 3 rings (SSSR count). The summed E-state index contributed by atoms with van der Waals surface area (Å²) in [5.41, 5.74) is -0.208. The van der Waals surface area contributed by atoms with Crippen LogP contribution in [0.15, 0.2) is 51.9 Å². The van der Waals surface area contributed by atoms with E-state index in [2.05, 4.69) is 10.3 Å². The van der Waals surface area contributed by atoms with Crippen molar-refractivity contribution in [3.63, 3.8) is 0 Å². The van der Waals surface area contributed by atoms with Gasteiger partial charge in [-0.2, -0.15) is 0 Å². The van der Waals surface area contributed by atoms with E-state index >= 15 is 0 Å². The van der Waals surface area contributed by atoms with Crippen LogP contribution in [0, 0.1) is 17.0 Å². The fraction of sp³-hybridized carbons (Fsp3) is 0.118. The van der Waals surface area contributed by atoms with Gasteiger partial charge in [-0.1, -0.05) is 6.07 Å². The number of aromatic nitrogens is 1. The predicted molar refractivity (Wildman–Crippen MR) is 89.3 cm³/mol. The minimum absolute atomic E-state index is 0.149. The molecular weight excluding hydrogens is 326 g/mol. The van der Waals surface area contributed by atoms with Gasteiger partial charge in [-0.05, 0) is 36.2 Å². The summed E-state index contributed by atoms with van der Waals surface area (Å²) >= 11 is 0. The highest BCUT2D eigenvalue weighted by atomic mass is 16.6. The summed E-state index contributed by atoms with van der Waals surface area (Å²) in [5.74, 6) is -0.622. The minimum atomic E-state index is -0.928. The number of non-ortho nitro benzene ring substituents is 1. The minimum Gasteiger partial charge on any atom is -0.415 e. The second-order valence-corrected chi connectivity index (χ2v) is 5.45. The zero-order valence-electron chi connectivity index (χ0n) is 13.2. The van der Waals surface area contributed by atoms with Crippen LogP contribution in [0.3, 0.4) is 0 Å². The zero-order chi connectivity index (χ0) is 18.0. The smallest absolute Gasteiger partial charge is 0.349 e. The second-order valence-electron chi connectivity index (χ2n) is 5.45. The number of benzene rings is 1. The lowest BCUT2D eigenvalue weighted by molar-refractivity contribution is -0.383. The molecule has 0 unspecified atom stereocenters. The van der Waals surface area contributed by atoms with Gasteiger partial charge in [-0.3, -0.25) is 19.9 Å². The lowest BCUT2D eigenvalue weighted by Gasteiger charge is -2.06. The van der Waals surface area contributed by atoms with E-state index < -0.39 is 16.5 Å². The molecule has 2 aromatic heterocycles. The molecule has 0 radical (unpaired) electrons. The Morgan fingerprint density at radius 1 is 1.36 bits per heavy atom. The van der Waals surface area contributed by atoms with E-state index in [0.29, 0.717) is 10.9 Å². The van der Waals surface area contributed by atoms with Crippen LogP contribution in [0.1, 0.15) is 21.5 Å². The molecule has 0 saturated carbocycles. The van der Waals surface area contributed by atoms with Crippen molar-refractivity contribution in [3.8, 4) is 0 Å². The van der Waals surface area contributed by atoms with Gasteiger partial charge in [0.2, 0.25) is 5.58 Å². The van der Waals surface area contributed by atoms with Crippen molar-refractivity contribution in [2.45, 2.75) is 13.5 Å². The fourth-order valence-corrected chi connectivity index (χ4v) is 2.44. The van der Waals surface area contributed by atoms with Crippen LogP contribution < -0.4 is 10.9 Å². The molecule has 0 fully saturated rings. The third-order valence-electron chi connectivity index (χ3n) is 3.57. The van der Waals surface area contributed by atoms with E-state index in [1.807, 2.05) is 0 Å². The number of nitro benzene ring substituents is 1. The van der Waals surface area contributed by atoms with Crippen molar-refractivity contribution in [2.24, 2.45) is 0 Å². The van der Waals surface area contributed by atoms with Crippen molar-refractivity contribution >= 4 is 22.6 Å². The third kappa shape index (κ3) is 3.37. The summed E-state index contributed by atoms with van der Waals surface area (Å²) in [4.78, 5) is 38.8. The number of nitro groups is 1. The molecule has 0 aliphatic rings. The lowest BCUT2D eigenvalue weighted by Crippen LogP contribution is -2.27. The Kier molecular flexibility index (Phi) is 4.25. The molecule has 3 aromatic rings. The summed E-state index contributed by atoms with van der Waals surface area (Å²) in [5, 5.41) is 14.0. The molecule has 0 bridgehead atoms. The first-order valence-electron chi connectivity index (χ1n) is 7.35. The number of hydrogen-bond acceptors (Lipinski definition) is 6. The number of carbonyl (C=O) groups excluding carboxylic acids is 1. The van der Waals surface area contributed by atoms with Crippen LogP contribution in [0.5, 0.6) is 0 Å². The summed E-state index contributed by atoms with van der Waals surface area (Å²) in [6, 6.07) is 7.74. The molecule has 0 spiro atoms. The number of fused-ring (bicyclic) bond motifs is 1. The number of pyridine rings is 1. The Bertz CT molecular complexity index is 1030. The van der Waals surface area contributed by atoms with Crippen molar-refractivity contribution in [2.75, 3.05) is 0 Å². The highest BCUT2D eigenvalue weighted by molar-refractivity contribution is 5.97. The van der Waals surface area contributed by atoms with Crippen molar-refractivity contribution in [1.82, 2.24) is 10.3 Å². The van der Waals surface area contributed by atoms with Gasteiger partial charge in [0.25, 0.3) is 5.91 Å². The molecule has 0 aliphatic heterocycles. The monoisotopic (exact) mass is 339 g/mol. The molecular formula is C17H13N3O5. The van der Waals surface area contributed by atoms with E-state index in [1.165, 1.54) is 12.1 Å². The number of aryl methyl sites for hydroxylation is 1. The van der Waals surface area contributed by atoms with Crippen molar-refractivity contribution < 1.29 is 14.1 Å². The van der Waals surface area contributed by atoms with Gasteiger partial charge in [-0.25, -0.2) is 4.79 Å². The summed E-state index contributed by atoms with van der Waals surface area (Å²) < 4.78 is 5.04. The van der Waals surface area contributed by atoms with Gasteiger partial charge in [-0.15, -0.1) is 0 Å². The summed E-state index contributed by atoms with van der Waals surface area (Å²) in [6.45, 7) is 1.87. The van der Waals surface area contributed by atoms with Crippen LogP contribution in [0.4, 0.5) is 5.69 Å². The van der Waals surface area contributed by atoms with Crippen molar-refractivity contribution in [1.29, 1.82) is 0 Å². The van der Waals surface area contributed by atoms with Gasteiger partial charge in [0.05, 0.1) is 4.92 Å². The van der Waals surface area contributed by atoms with Crippen LogP contribution in [-0.2, 0) is 6.54 Å². The first-order valence-corrected chi connectivity index (χ1v) is 7.35. The first-order chi connectivity index (χ1) is 12.0. The van der Waals surface area contributed by atoms with Gasteiger partial charge in [0.15, 0.2) is 0 Å². The Balaban J connectivity index is 1.96. The molecule has 126 valence electrons. The van der Waals surface area contributed by atoms with Gasteiger partial charge < -0.3 is 9.73 Å². The quantitative estimate of drug-likeness (QED) is 0.443. The molecule has 2 heterocycles. The second kappa shape index (κ2) is 6.52. The Morgan fingerprint density at radius 3 is 2.84 bits per heavy atom. The highest BCUT2D eigenvalue weighted by Crippen LogP contribution is 2.26. The Morgan fingerprint density at radius 2 is 2.16 bits per heavy atom. The van der Waals surface area contributed by atoms with Gasteiger partial charge >= 0.3 is 11.3 Å². The van der Waals surface area contributed by atoms with Gasteiger partial charge in [0, 0.05) is 30.4 Å². The molecule has 8 heteroatoms. The van der Waals surface area contributed by atoms with E-state index in [9.17, 15) is 19.7 Å². The molecule has 0 atom stereocenters. The standard InChI is InChI=1S/C17H13N3O5/c1-10-5-12-7-13(16(21)19-9-11-3-2-4-18-8-11)17(22)25-15(12)14(6-10)20(23)24/h2-8H,9H2,1H3,(H,19,21). The molecule has 25 heavy (non-hydrogen) atoms. The van der Waals surface area contributed by atoms with Crippen LogP contribution in [-0.4, -0.2) is 15.8 Å². The van der Waals surface area contributed by atoms with E-state index in [-0.39, 0.29) is 23.4 Å². The van der Waals surface area contributed by atoms with E-state index in [4.69, 9.17) is 4.42 Å². The average molecular weight is 339 g/mol. The SMILES string of the molecule is Cc1cc([N+](=O)[O-])c2oc(=O)c(C(=O)NCc3cccnc3)cc2c1. The third-order valence-corrected chi connectivity index (χ3v) is 3.57. The van der Waals surface area contributed by atoms with Gasteiger partial charge in [0.1, 0.15) is 5.56 Å².